The molecule has 0 spiro atoms. The smallest absolute Gasteiger partial charge is 0.305 e. The van der Waals surface area contributed by atoms with Crippen LogP contribution in [0.2, 0.25) is 0 Å². The molecule has 1 N–H and O–H groups in total. The van der Waals surface area contributed by atoms with Crippen molar-refractivity contribution in [3.05, 3.63) is 48.8 Å². The second kappa shape index (κ2) is 36.9. The van der Waals surface area contributed by atoms with Gasteiger partial charge in [-0.05, 0) is 44.6 Å². The van der Waals surface area contributed by atoms with Crippen molar-refractivity contribution >= 4 is 13.8 Å². The number of likely N-dealkylation sites (N-methyl/N-ethyl adjacent to an activating group) is 1. The van der Waals surface area contributed by atoms with Crippen LogP contribution in [0, 0.1) is 0 Å². The van der Waals surface area contributed by atoms with Crippen LogP contribution >= 0.6 is 7.82 Å². The van der Waals surface area contributed by atoms with Crippen molar-refractivity contribution in [2.45, 2.75) is 180 Å². The van der Waals surface area contributed by atoms with Crippen LogP contribution in [0.25, 0.3) is 0 Å². The van der Waals surface area contributed by atoms with Gasteiger partial charge in [-0.15, -0.1) is 0 Å². The van der Waals surface area contributed by atoms with Crippen molar-refractivity contribution in [3.8, 4) is 0 Å². The lowest BCUT2D eigenvalue weighted by Gasteiger charge is -2.28. The Morgan fingerprint density at radius 3 is 1.93 bits per heavy atom. The van der Waals surface area contributed by atoms with Crippen molar-refractivity contribution in [3.63, 3.8) is 0 Å². The highest BCUT2D eigenvalue weighted by Crippen LogP contribution is 2.38. The van der Waals surface area contributed by atoms with E-state index in [1.165, 1.54) is 83.5 Å². The Morgan fingerprint density at radius 2 is 1.31 bits per heavy atom. The van der Waals surface area contributed by atoms with Crippen LogP contribution in [0.15, 0.2) is 48.8 Å². The summed E-state index contributed by atoms with van der Waals surface area (Å²) in [5, 5.41) is 10.1. The zero-order valence-corrected chi connectivity index (χ0v) is 36.2. The molecule has 0 amide bonds. The summed E-state index contributed by atoms with van der Waals surface area (Å²) in [6.07, 6.45) is 41.0. The van der Waals surface area contributed by atoms with Gasteiger partial charge in [-0.2, -0.15) is 0 Å². The molecule has 54 heavy (non-hydrogen) atoms. The fourth-order valence-electron chi connectivity index (χ4n) is 5.65. The summed E-state index contributed by atoms with van der Waals surface area (Å²) in [6, 6.07) is 0. The SMILES string of the molecule is CC/C=C/C/C=C/C=C/C(O)CCCCCCCC(=O)OC[C@H](COP(=O)([O-])OCC[N+](C)(C)C)O/C=C/CCCCCCCCCCCCCCCC. The Morgan fingerprint density at radius 1 is 0.722 bits per heavy atom. The summed E-state index contributed by atoms with van der Waals surface area (Å²) in [4.78, 5) is 24.8. The first-order chi connectivity index (χ1) is 26.0. The molecule has 10 heteroatoms. The predicted octanol–water partition coefficient (Wildman–Crippen LogP) is 11.1. The lowest BCUT2D eigenvalue weighted by molar-refractivity contribution is -0.870. The molecule has 0 aliphatic heterocycles. The van der Waals surface area contributed by atoms with Gasteiger partial charge in [0.25, 0.3) is 7.82 Å². The van der Waals surface area contributed by atoms with Gasteiger partial charge >= 0.3 is 5.97 Å². The lowest BCUT2D eigenvalue weighted by atomic mass is 10.0. The average molecular weight is 784 g/mol. The number of esters is 1. The minimum atomic E-state index is -4.54. The highest BCUT2D eigenvalue weighted by Gasteiger charge is 2.19. The van der Waals surface area contributed by atoms with Crippen LogP contribution in [0.3, 0.4) is 0 Å². The van der Waals surface area contributed by atoms with Crippen molar-refractivity contribution < 1.29 is 42.4 Å². The van der Waals surface area contributed by atoms with E-state index in [1.807, 2.05) is 45.4 Å². The molecule has 0 fully saturated rings. The number of phosphoric acid groups is 1. The first kappa shape index (κ1) is 52.3. The summed E-state index contributed by atoms with van der Waals surface area (Å²) in [7, 11) is 1.30. The maximum Gasteiger partial charge on any atom is 0.305 e. The Kier molecular flexibility index (Phi) is 35.7. The van der Waals surface area contributed by atoms with Crippen LogP contribution in [0.4, 0.5) is 0 Å². The van der Waals surface area contributed by atoms with Gasteiger partial charge in [-0.3, -0.25) is 9.36 Å². The minimum Gasteiger partial charge on any atom is -0.756 e. The highest BCUT2D eigenvalue weighted by molar-refractivity contribution is 7.45. The van der Waals surface area contributed by atoms with E-state index in [-0.39, 0.29) is 32.2 Å². The second-order valence-corrected chi connectivity index (χ2v) is 17.0. The lowest BCUT2D eigenvalue weighted by Crippen LogP contribution is -2.37. The van der Waals surface area contributed by atoms with Gasteiger partial charge in [0.2, 0.25) is 0 Å². The van der Waals surface area contributed by atoms with Crippen LogP contribution in [-0.2, 0) is 27.9 Å². The number of aliphatic hydroxyl groups is 1. The maximum absolute atomic E-state index is 12.5. The zero-order chi connectivity index (χ0) is 40.0. The number of carbonyl (C=O) groups excluding carboxylic acids is 1. The Hall–Kier alpha value is -1.74. The summed E-state index contributed by atoms with van der Waals surface area (Å²) >= 11 is 0. The molecule has 9 nitrogen and oxygen atoms in total. The van der Waals surface area contributed by atoms with Crippen molar-refractivity contribution in [2.24, 2.45) is 0 Å². The van der Waals surface area contributed by atoms with E-state index in [2.05, 4.69) is 32.1 Å². The number of hydrogen-bond acceptors (Lipinski definition) is 8. The van der Waals surface area contributed by atoms with Crippen LogP contribution in [0.5, 0.6) is 0 Å². The molecule has 0 radical (unpaired) electrons. The molecule has 3 atom stereocenters. The Bertz CT molecular complexity index is 1020. The van der Waals surface area contributed by atoms with Gasteiger partial charge in [0.1, 0.15) is 19.8 Å². The number of hydrogen-bond donors (Lipinski definition) is 1. The summed E-state index contributed by atoms with van der Waals surface area (Å²) in [6.45, 7) is 4.47. The highest BCUT2D eigenvalue weighted by atomic mass is 31.2. The largest absolute Gasteiger partial charge is 0.756 e. The van der Waals surface area contributed by atoms with Crippen molar-refractivity contribution in [1.82, 2.24) is 0 Å². The quantitative estimate of drug-likeness (QED) is 0.0125. The van der Waals surface area contributed by atoms with E-state index in [0.29, 0.717) is 17.4 Å². The normalized spacial score (nSPS) is 14.8. The van der Waals surface area contributed by atoms with Gasteiger partial charge in [-0.1, -0.05) is 159 Å². The fourth-order valence-corrected chi connectivity index (χ4v) is 6.38. The molecule has 0 rings (SSSR count). The predicted molar refractivity (Wildman–Crippen MR) is 223 cm³/mol. The number of ether oxygens (including phenoxy) is 2. The van der Waals surface area contributed by atoms with E-state index in [4.69, 9.17) is 18.5 Å². The van der Waals surface area contributed by atoms with Crippen LogP contribution < -0.4 is 4.89 Å². The van der Waals surface area contributed by atoms with Crippen molar-refractivity contribution in [1.29, 1.82) is 0 Å². The molecular formula is C44H82NO8P. The number of quaternary nitrogens is 1. The van der Waals surface area contributed by atoms with E-state index in [0.717, 1.165) is 57.8 Å². The third kappa shape index (κ3) is 39.9. The summed E-state index contributed by atoms with van der Waals surface area (Å²) in [5.74, 6) is -0.349. The number of allylic oxidation sites excluding steroid dienone is 6. The summed E-state index contributed by atoms with van der Waals surface area (Å²) in [5.41, 5.74) is 0. The third-order valence-corrected chi connectivity index (χ3v) is 10.1. The molecule has 0 aromatic carbocycles. The molecule has 0 saturated carbocycles. The minimum absolute atomic E-state index is 0.0105. The first-order valence-corrected chi connectivity index (χ1v) is 23.0. The Labute approximate surface area is 331 Å². The monoisotopic (exact) mass is 784 g/mol. The molecule has 0 heterocycles. The first-order valence-electron chi connectivity index (χ1n) is 21.5. The van der Waals surface area contributed by atoms with Gasteiger partial charge in [-0.25, -0.2) is 0 Å². The fraction of sp³-hybridized carbons (Fsp3) is 0.795. The van der Waals surface area contributed by atoms with E-state index >= 15 is 0 Å². The van der Waals surface area contributed by atoms with Gasteiger partial charge in [0, 0.05) is 6.42 Å². The molecule has 0 aliphatic carbocycles. The van der Waals surface area contributed by atoms with Crippen molar-refractivity contribution in [2.75, 3.05) is 47.5 Å². The molecule has 0 saturated heterocycles. The van der Waals surface area contributed by atoms with E-state index in [9.17, 15) is 19.4 Å². The summed E-state index contributed by atoms with van der Waals surface area (Å²) < 4.78 is 34.3. The number of phosphoric ester groups is 1. The van der Waals surface area contributed by atoms with Gasteiger partial charge in [0.15, 0.2) is 6.10 Å². The zero-order valence-electron chi connectivity index (χ0n) is 35.3. The average Bonchev–Trinajstić information content (AvgIpc) is 3.12. The Balaban J connectivity index is 4.38. The van der Waals surface area contributed by atoms with Crippen LogP contribution in [0.1, 0.15) is 168 Å². The molecule has 0 aliphatic rings. The van der Waals surface area contributed by atoms with Gasteiger partial charge < -0.3 is 33.0 Å². The standard InChI is InChI=1S/C44H82NO8P/c1-6-8-10-12-14-15-16-17-18-19-20-21-22-24-29-33-38-50-43(41-53-54(48,49)52-39-37-45(3,4)5)40-51-44(47)36-32-28-25-27-31-35-42(46)34-30-26-23-13-11-9-7-2/h9,11,23,26,30,33-34,38,42-43,46H,6-8,10,12-22,24-25,27-29,31-32,35-37,39-41H2,1-5H3/b11-9+,26-23+,34-30+,38-33+/t42?,43-/m1/s1. The second-order valence-electron chi connectivity index (χ2n) is 15.6. The van der Waals surface area contributed by atoms with E-state index in [1.54, 1.807) is 6.26 Å². The number of unbranched alkanes of at least 4 members (excludes halogenated alkanes) is 18. The third-order valence-electron chi connectivity index (χ3n) is 9.09. The molecule has 0 bridgehead atoms. The molecule has 0 aromatic rings. The van der Waals surface area contributed by atoms with E-state index < -0.39 is 20.0 Å². The number of nitrogens with zero attached hydrogens (tertiary/aromatic N) is 1. The topological polar surface area (TPSA) is 114 Å². The molecule has 0 aromatic heterocycles. The number of carbonyl (C=O) groups is 1. The maximum atomic E-state index is 12.5. The van der Waals surface area contributed by atoms with Crippen LogP contribution in [-0.4, -0.2) is 75.3 Å². The number of rotatable bonds is 39. The molecule has 316 valence electrons. The van der Waals surface area contributed by atoms with Gasteiger partial charge in [0.05, 0.1) is 40.1 Å². The number of aliphatic hydroxyl groups excluding tert-OH is 1. The molecule has 2 unspecified atom stereocenters. The molecular weight excluding hydrogens is 701 g/mol.